The van der Waals surface area contributed by atoms with E-state index < -0.39 is 0 Å². The number of carbonyl (C=O) groups excluding carboxylic acids is 1. The largest absolute Gasteiger partial charge is 0.315 e. The van der Waals surface area contributed by atoms with E-state index in [0.717, 1.165) is 30.8 Å². The fraction of sp³-hybridized carbons (Fsp3) is 0.647. The molecular formula is C17H23N3OS. The molecule has 0 spiro atoms. The molecule has 1 fully saturated rings. The molecule has 22 heavy (non-hydrogen) atoms. The van der Waals surface area contributed by atoms with Gasteiger partial charge in [0.1, 0.15) is 11.1 Å². The molecule has 3 rings (SSSR count). The van der Waals surface area contributed by atoms with Crippen molar-refractivity contribution in [3.8, 4) is 6.07 Å². The van der Waals surface area contributed by atoms with E-state index >= 15 is 0 Å². The van der Waals surface area contributed by atoms with Crippen molar-refractivity contribution in [1.29, 1.82) is 5.26 Å². The molecule has 1 aromatic heterocycles. The number of likely N-dealkylation sites (tertiary alicyclic amines) is 1. The molecule has 0 saturated carbocycles. The van der Waals surface area contributed by atoms with Crippen molar-refractivity contribution in [2.24, 2.45) is 0 Å². The van der Waals surface area contributed by atoms with Gasteiger partial charge in [0, 0.05) is 10.9 Å². The number of hydrogen-bond acceptors (Lipinski definition) is 4. The van der Waals surface area contributed by atoms with Crippen LogP contribution in [0.2, 0.25) is 0 Å². The molecule has 1 saturated heterocycles. The first-order valence-corrected chi connectivity index (χ1v) is 9.09. The molecule has 0 aromatic carbocycles. The second kappa shape index (κ2) is 6.80. The highest BCUT2D eigenvalue weighted by Crippen LogP contribution is 2.37. The van der Waals surface area contributed by atoms with Crippen LogP contribution in [0.25, 0.3) is 0 Å². The second-order valence-electron chi connectivity index (χ2n) is 6.39. The van der Waals surface area contributed by atoms with Crippen molar-refractivity contribution in [2.45, 2.75) is 57.9 Å². The quantitative estimate of drug-likeness (QED) is 0.930. The maximum Gasteiger partial charge on any atom is 0.239 e. The summed E-state index contributed by atoms with van der Waals surface area (Å²) in [6.07, 6.45) is 7.98. The highest BCUT2D eigenvalue weighted by atomic mass is 32.1. The first-order chi connectivity index (χ1) is 10.7. The number of hydrogen-bond donors (Lipinski definition) is 1. The van der Waals surface area contributed by atoms with Gasteiger partial charge in [0.2, 0.25) is 5.91 Å². The topological polar surface area (TPSA) is 56.1 Å². The number of nitriles is 1. The zero-order chi connectivity index (χ0) is 15.5. The molecule has 1 unspecified atom stereocenters. The van der Waals surface area contributed by atoms with Crippen LogP contribution in [0.15, 0.2) is 0 Å². The molecule has 1 aromatic rings. The minimum absolute atomic E-state index is 0.0175. The van der Waals surface area contributed by atoms with E-state index in [1.54, 1.807) is 11.3 Å². The summed E-state index contributed by atoms with van der Waals surface area (Å²) < 4.78 is 0. The van der Waals surface area contributed by atoms with Crippen molar-refractivity contribution in [3.63, 3.8) is 0 Å². The Kier molecular flexibility index (Phi) is 4.80. The number of aryl methyl sites for hydroxylation is 1. The summed E-state index contributed by atoms with van der Waals surface area (Å²) in [6.45, 7) is 3.63. The van der Waals surface area contributed by atoms with Gasteiger partial charge in [-0.3, -0.25) is 9.69 Å². The van der Waals surface area contributed by atoms with E-state index in [4.69, 9.17) is 0 Å². The molecule has 2 aliphatic rings. The third-order valence-corrected chi connectivity index (χ3v) is 6.03. The van der Waals surface area contributed by atoms with Crippen molar-refractivity contribution in [3.05, 3.63) is 16.0 Å². The van der Waals surface area contributed by atoms with Crippen LogP contribution in [0.5, 0.6) is 0 Å². The summed E-state index contributed by atoms with van der Waals surface area (Å²) >= 11 is 1.60. The smallest absolute Gasteiger partial charge is 0.239 e. The lowest BCUT2D eigenvalue weighted by Gasteiger charge is -2.32. The van der Waals surface area contributed by atoms with Gasteiger partial charge in [0.25, 0.3) is 0 Å². The lowest BCUT2D eigenvalue weighted by atomic mass is 9.96. The molecule has 1 amide bonds. The number of nitrogens with zero attached hydrogens (tertiary/aromatic N) is 2. The van der Waals surface area contributed by atoms with Gasteiger partial charge >= 0.3 is 0 Å². The summed E-state index contributed by atoms with van der Waals surface area (Å²) in [6, 6.07) is 2.78. The summed E-state index contributed by atoms with van der Waals surface area (Å²) in [4.78, 5) is 15.9. The van der Waals surface area contributed by atoms with Gasteiger partial charge < -0.3 is 5.32 Å². The number of thiophene rings is 1. The van der Waals surface area contributed by atoms with E-state index in [1.165, 1.54) is 36.1 Å². The number of anilines is 1. The third-order valence-electron chi connectivity index (χ3n) is 4.82. The van der Waals surface area contributed by atoms with Gasteiger partial charge in [0.05, 0.1) is 12.1 Å². The first kappa shape index (κ1) is 15.5. The Morgan fingerprint density at radius 3 is 2.95 bits per heavy atom. The minimum Gasteiger partial charge on any atom is -0.315 e. The van der Waals surface area contributed by atoms with E-state index in [9.17, 15) is 10.1 Å². The van der Waals surface area contributed by atoms with E-state index in [-0.39, 0.29) is 5.91 Å². The molecule has 1 aliphatic heterocycles. The van der Waals surface area contributed by atoms with Crippen molar-refractivity contribution >= 4 is 22.2 Å². The highest BCUT2D eigenvalue weighted by Gasteiger charge is 2.24. The zero-order valence-electron chi connectivity index (χ0n) is 13.2. The molecule has 5 heteroatoms. The van der Waals surface area contributed by atoms with Gasteiger partial charge in [0.15, 0.2) is 0 Å². The average molecular weight is 317 g/mol. The summed E-state index contributed by atoms with van der Waals surface area (Å²) in [7, 11) is 0. The van der Waals surface area contributed by atoms with Crippen LogP contribution in [0, 0.1) is 11.3 Å². The van der Waals surface area contributed by atoms with Crippen molar-refractivity contribution in [2.75, 3.05) is 18.4 Å². The standard InChI is InChI=1S/C17H23N3OS/c1-12-6-4-5-9-20(12)11-16(21)19-17-14(10-18)13-7-2-3-8-15(13)22-17/h12H,2-9,11H2,1H3,(H,19,21). The molecule has 1 atom stereocenters. The van der Waals surface area contributed by atoms with E-state index in [1.807, 2.05) is 0 Å². The number of nitrogens with one attached hydrogen (secondary N) is 1. The summed E-state index contributed by atoms with van der Waals surface area (Å²) in [5.74, 6) is 0.0175. The monoisotopic (exact) mass is 317 g/mol. The lowest BCUT2D eigenvalue weighted by Crippen LogP contribution is -2.42. The SMILES string of the molecule is CC1CCCCN1CC(=O)Nc1sc2c(c1C#N)CCCC2. The maximum absolute atomic E-state index is 12.4. The summed E-state index contributed by atoms with van der Waals surface area (Å²) in [5.41, 5.74) is 1.89. The molecule has 0 bridgehead atoms. The average Bonchev–Trinajstić information content (AvgIpc) is 2.86. The van der Waals surface area contributed by atoms with Crippen LogP contribution in [-0.2, 0) is 17.6 Å². The predicted molar refractivity (Wildman–Crippen MR) is 89.2 cm³/mol. The second-order valence-corrected chi connectivity index (χ2v) is 7.50. The number of piperidine rings is 1. The summed E-state index contributed by atoms with van der Waals surface area (Å²) in [5, 5.41) is 13.2. The van der Waals surface area contributed by atoms with Crippen LogP contribution in [0.1, 0.15) is 55.0 Å². The Balaban J connectivity index is 1.69. The van der Waals surface area contributed by atoms with Gasteiger partial charge in [-0.1, -0.05) is 6.42 Å². The number of rotatable bonds is 3. The first-order valence-electron chi connectivity index (χ1n) is 8.27. The van der Waals surface area contributed by atoms with Crippen LogP contribution < -0.4 is 5.32 Å². The molecule has 2 heterocycles. The lowest BCUT2D eigenvalue weighted by molar-refractivity contribution is -0.118. The molecule has 118 valence electrons. The van der Waals surface area contributed by atoms with E-state index in [2.05, 4.69) is 23.2 Å². The highest BCUT2D eigenvalue weighted by molar-refractivity contribution is 7.16. The Morgan fingerprint density at radius 2 is 2.18 bits per heavy atom. The van der Waals surface area contributed by atoms with Crippen LogP contribution in [0.4, 0.5) is 5.00 Å². The normalized spacial score (nSPS) is 21.9. The zero-order valence-corrected chi connectivity index (χ0v) is 14.0. The molecule has 1 N–H and O–H groups in total. The Hall–Kier alpha value is -1.38. The number of carbonyl (C=O) groups is 1. The predicted octanol–water partition coefficient (Wildman–Crippen LogP) is 3.31. The number of amides is 1. The molecule has 0 radical (unpaired) electrons. The van der Waals surface area contributed by atoms with Crippen molar-refractivity contribution in [1.82, 2.24) is 4.90 Å². The molecule has 1 aliphatic carbocycles. The Labute approximate surface area is 136 Å². The number of fused-ring (bicyclic) bond motifs is 1. The van der Waals surface area contributed by atoms with Crippen LogP contribution >= 0.6 is 11.3 Å². The third kappa shape index (κ3) is 3.18. The van der Waals surface area contributed by atoms with Crippen molar-refractivity contribution < 1.29 is 4.79 Å². The molecular weight excluding hydrogens is 294 g/mol. The van der Waals surface area contributed by atoms with Crippen LogP contribution in [-0.4, -0.2) is 29.9 Å². The van der Waals surface area contributed by atoms with Gasteiger partial charge in [-0.15, -0.1) is 11.3 Å². The Bertz CT molecular complexity index is 602. The minimum atomic E-state index is 0.0175. The van der Waals surface area contributed by atoms with Gasteiger partial charge in [-0.25, -0.2) is 0 Å². The van der Waals surface area contributed by atoms with Gasteiger partial charge in [-0.05, 0) is 57.6 Å². The van der Waals surface area contributed by atoms with Crippen LogP contribution in [0.3, 0.4) is 0 Å². The fourth-order valence-corrected chi connectivity index (χ4v) is 4.77. The molecule has 4 nitrogen and oxygen atoms in total. The van der Waals surface area contributed by atoms with Gasteiger partial charge in [-0.2, -0.15) is 5.26 Å². The fourth-order valence-electron chi connectivity index (χ4n) is 3.52. The van der Waals surface area contributed by atoms with E-state index in [0.29, 0.717) is 18.2 Å². The maximum atomic E-state index is 12.4. The Morgan fingerprint density at radius 1 is 1.36 bits per heavy atom.